The first-order valence-corrected chi connectivity index (χ1v) is 17.8. The molecule has 0 saturated heterocycles. The highest BCUT2D eigenvalue weighted by Crippen LogP contribution is 2.47. The third-order valence-electron chi connectivity index (χ3n) is 10.3. The minimum Gasteiger partial charge on any atom is -0.0622 e. The molecule has 0 heteroatoms. The Hall–Kier alpha value is -5.46. The smallest absolute Gasteiger partial charge is 0.00260 e. The monoisotopic (exact) mass is 644 g/mol. The van der Waals surface area contributed by atoms with Gasteiger partial charge in [-0.15, -0.1) is 0 Å². The van der Waals surface area contributed by atoms with Gasteiger partial charge in [-0.3, -0.25) is 0 Å². The molecule has 0 saturated carbocycles. The third kappa shape index (κ3) is 5.80. The Balaban J connectivity index is 1.46. The van der Waals surface area contributed by atoms with Crippen molar-refractivity contribution in [3.8, 4) is 44.5 Å². The van der Waals surface area contributed by atoms with Crippen LogP contribution in [0.15, 0.2) is 158 Å². The standard InChI is InChI=1S/C50H44/c1-49(2,3)41-25-27-44-45(31-41)47(39-20-12-18-36(29-39)33-14-8-7-9-15-33)43-26-24-42(50(4,5)6)32-46(43)48(44)40-21-13-19-37(30-40)38-23-22-34-16-10-11-17-35(34)28-38/h7-32H,1-6H3. The van der Waals surface area contributed by atoms with Crippen molar-refractivity contribution in [2.24, 2.45) is 0 Å². The van der Waals surface area contributed by atoms with Crippen LogP contribution in [0.1, 0.15) is 52.7 Å². The molecule has 0 nitrogen and oxygen atoms in total. The summed E-state index contributed by atoms with van der Waals surface area (Å²) >= 11 is 0. The second kappa shape index (κ2) is 12.1. The summed E-state index contributed by atoms with van der Waals surface area (Å²) in [6, 6.07) is 58.9. The normalized spacial score (nSPS) is 12.2. The van der Waals surface area contributed by atoms with E-state index in [2.05, 4.69) is 199 Å². The summed E-state index contributed by atoms with van der Waals surface area (Å²) in [4.78, 5) is 0. The maximum absolute atomic E-state index is 2.47. The van der Waals surface area contributed by atoms with Crippen LogP contribution in [0.5, 0.6) is 0 Å². The zero-order chi connectivity index (χ0) is 34.6. The Morgan fingerprint density at radius 3 is 1.26 bits per heavy atom. The molecule has 0 heterocycles. The molecule has 8 rings (SSSR count). The molecular weight excluding hydrogens is 601 g/mol. The van der Waals surface area contributed by atoms with Crippen LogP contribution in [0.2, 0.25) is 0 Å². The number of rotatable bonds is 4. The molecule has 0 spiro atoms. The maximum atomic E-state index is 2.47. The van der Waals surface area contributed by atoms with Crippen LogP contribution in [-0.4, -0.2) is 0 Å². The number of benzene rings is 8. The molecule has 0 radical (unpaired) electrons. The Labute approximate surface area is 297 Å². The minimum atomic E-state index is 0.0108. The average molecular weight is 645 g/mol. The van der Waals surface area contributed by atoms with Crippen LogP contribution >= 0.6 is 0 Å². The molecule has 8 aromatic rings. The molecule has 0 aliphatic carbocycles. The van der Waals surface area contributed by atoms with Crippen molar-refractivity contribution in [2.45, 2.75) is 52.4 Å². The van der Waals surface area contributed by atoms with Crippen LogP contribution in [0.4, 0.5) is 0 Å². The largest absolute Gasteiger partial charge is 0.0622 e. The van der Waals surface area contributed by atoms with Gasteiger partial charge >= 0.3 is 0 Å². The summed E-state index contributed by atoms with van der Waals surface area (Å²) in [5, 5.41) is 7.69. The summed E-state index contributed by atoms with van der Waals surface area (Å²) in [5.74, 6) is 0. The van der Waals surface area contributed by atoms with Gasteiger partial charge < -0.3 is 0 Å². The minimum absolute atomic E-state index is 0.0108. The number of hydrogen-bond acceptors (Lipinski definition) is 0. The molecular formula is C50H44. The summed E-state index contributed by atoms with van der Waals surface area (Å²) in [7, 11) is 0. The van der Waals surface area contributed by atoms with E-state index < -0.39 is 0 Å². The lowest BCUT2D eigenvalue weighted by atomic mass is 9.79. The van der Waals surface area contributed by atoms with E-state index in [0.29, 0.717) is 0 Å². The fourth-order valence-corrected chi connectivity index (χ4v) is 7.49. The fraction of sp³-hybridized carbons (Fsp3) is 0.160. The quantitative estimate of drug-likeness (QED) is 0.167. The first-order chi connectivity index (χ1) is 24.0. The summed E-state index contributed by atoms with van der Waals surface area (Å²) in [6.45, 7) is 13.9. The molecule has 0 atom stereocenters. The SMILES string of the molecule is CC(C)(C)c1ccc2c(-c3cccc(-c4ccc5ccccc5c4)c3)c3cc(C(C)(C)C)ccc3c(-c3cccc(-c4ccccc4)c3)c2c1. The van der Waals surface area contributed by atoms with Gasteiger partial charge in [0.1, 0.15) is 0 Å². The van der Waals surface area contributed by atoms with Gasteiger partial charge in [0, 0.05) is 0 Å². The van der Waals surface area contributed by atoms with Crippen LogP contribution < -0.4 is 0 Å². The van der Waals surface area contributed by atoms with Gasteiger partial charge in [-0.1, -0.05) is 169 Å². The molecule has 0 aliphatic rings. The molecule has 0 amide bonds. The highest BCUT2D eigenvalue weighted by Gasteiger charge is 2.23. The van der Waals surface area contributed by atoms with E-state index in [1.54, 1.807) is 0 Å². The van der Waals surface area contributed by atoms with Gasteiger partial charge in [-0.05, 0) is 129 Å². The van der Waals surface area contributed by atoms with Gasteiger partial charge in [0.05, 0.1) is 0 Å². The molecule has 0 aliphatic heterocycles. The van der Waals surface area contributed by atoms with E-state index in [1.807, 2.05) is 0 Å². The van der Waals surface area contributed by atoms with Crippen LogP contribution in [0.3, 0.4) is 0 Å². The van der Waals surface area contributed by atoms with E-state index in [9.17, 15) is 0 Å². The van der Waals surface area contributed by atoms with Crippen molar-refractivity contribution >= 4 is 32.3 Å². The van der Waals surface area contributed by atoms with E-state index in [0.717, 1.165) is 0 Å². The van der Waals surface area contributed by atoms with Crippen LogP contribution in [-0.2, 0) is 10.8 Å². The van der Waals surface area contributed by atoms with E-state index in [1.165, 1.54) is 88.0 Å². The molecule has 50 heavy (non-hydrogen) atoms. The van der Waals surface area contributed by atoms with E-state index in [-0.39, 0.29) is 10.8 Å². The number of fused-ring (bicyclic) bond motifs is 3. The van der Waals surface area contributed by atoms with Gasteiger partial charge in [0.2, 0.25) is 0 Å². The zero-order valence-corrected chi connectivity index (χ0v) is 30.0. The van der Waals surface area contributed by atoms with Gasteiger partial charge in [0.25, 0.3) is 0 Å². The van der Waals surface area contributed by atoms with Gasteiger partial charge in [-0.2, -0.15) is 0 Å². The van der Waals surface area contributed by atoms with Crippen LogP contribution in [0, 0.1) is 0 Å². The first-order valence-electron chi connectivity index (χ1n) is 17.8. The van der Waals surface area contributed by atoms with Gasteiger partial charge in [0.15, 0.2) is 0 Å². The predicted octanol–water partition coefficient (Wildman–Crippen LogP) is 14.4. The third-order valence-corrected chi connectivity index (χ3v) is 10.3. The van der Waals surface area contributed by atoms with Crippen molar-refractivity contribution < 1.29 is 0 Å². The Morgan fingerprint density at radius 2 is 0.720 bits per heavy atom. The summed E-state index contributed by atoms with van der Waals surface area (Å²) in [6.07, 6.45) is 0. The molecule has 0 aromatic heterocycles. The Bertz CT molecular complexity index is 2530. The Morgan fingerprint density at radius 1 is 0.280 bits per heavy atom. The average Bonchev–Trinajstić information content (AvgIpc) is 3.13. The van der Waals surface area contributed by atoms with Crippen LogP contribution in [0.25, 0.3) is 76.8 Å². The molecule has 244 valence electrons. The van der Waals surface area contributed by atoms with E-state index >= 15 is 0 Å². The Kier molecular flexibility index (Phi) is 7.72. The molecule has 8 aromatic carbocycles. The van der Waals surface area contributed by atoms with Crippen molar-refractivity contribution in [1.82, 2.24) is 0 Å². The first kappa shape index (κ1) is 31.8. The lowest BCUT2D eigenvalue weighted by Crippen LogP contribution is -2.11. The molecule has 0 unspecified atom stereocenters. The van der Waals surface area contributed by atoms with Crippen molar-refractivity contribution in [3.05, 3.63) is 169 Å². The highest BCUT2D eigenvalue weighted by molar-refractivity contribution is 6.22. The fourth-order valence-electron chi connectivity index (χ4n) is 7.49. The predicted molar refractivity (Wildman–Crippen MR) is 218 cm³/mol. The topological polar surface area (TPSA) is 0 Å². The van der Waals surface area contributed by atoms with Crippen molar-refractivity contribution in [2.75, 3.05) is 0 Å². The summed E-state index contributed by atoms with van der Waals surface area (Å²) < 4.78 is 0. The lowest BCUT2D eigenvalue weighted by Gasteiger charge is -2.25. The van der Waals surface area contributed by atoms with Crippen molar-refractivity contribution in [3.63, 3.8) is 0 Å². The second-order valence-electron chi connectivity index (χ2n) is 15.9. The second-order valence-corrected chi connectivity index (χ2v) is 15.9. The molecule has 0 bridgehead atoms. The molecule has 0 fully saturated rings. The molecule has 0 N–H and O–H groups in total. The van der Waals surface area contributed by atoms with E-state index in [4.69, 9.17) is 0 Å². The zero-order valence-electron chi connectivity index (χ0n) is 30.0. The number of hydrogen-bond donors (Lipinski definition) is 0. The maximum Gasteiger partial charge on any atom is -0.00260 e. The van der Waals surface area contributed by atoms with Gasteiger partial charge in [-0.25, -0.2) is 0 Å². The lowest BCUT2D eigenvalue weighted by molar-refractivity contribution is 0.590. The summed E-state index contributed by atoms with van der Waals surface area (Å²) in [5.41, 5.74) is 12.7. The van der Waals surface area contributed by atoms with Crippen molar-refractivity contribution in [1.29, 1.82) is 0 Å². The highest BCUT2D eigenvalue weighted by atomic mass is 14.3.